The smallest absolute Gasteiger partial charge is 0.289 e. The van der Waals surface area contributed by atoms with Gasteiger partial charge in [0, 0.05) is 56.9 Å². The largest absolute Gasteiger partial charge is 0.451 e. The van der Waals surface area contributed by atoms with Crippen molar-refractivity contribution >= 4 is 16.9 Å². The van der Waals surface area contributed by atoms with E-state index in [0.717, 1.165) is 81.2 Å². The second-order valence-electron chi connectivity index (χ2n) is 7.20. The van der Waals surface area contributed by atoms with Crippen LogP contribution in [0.2, 0.25) is 0 Å². The summed E-state index contributed by atoms with van der Waals surface area (Å²) in [6.07, 6.45) is 2.33. The fraction of sp³-hybridized carbons (Fsp3) is 0.550. The number of furan rings is 1. The summed E-state index contributed by atoms with van der Waals surface area (Å²) in [6.45, 7) is 8.35. The number of hydrogen-bond acceptors (Lipinski definition) is 4. The average molecular weight is 342 g/mol. The van der Waals surface area contributed by atoms with Gasteiger partial charge in [-0.2, -0.15) is 0 Å². The fourth-order valence-electron chi connectivity index (χ4n) is 3.95. The van der Waals surface area contributed by atoms with E-state index in [2.05, 4.69) is 4.90 Å². The minimum absolute atomic E-state index is 0.0272. The Morgan fingerprint density at radius 1 is 1.12 bits per heavy atom. The SMILES string of the molecule is Cc1c(C(=O)N2CCN(CC3CCOCC3)CC2)oc2ccccc12. The van der Waals surface area contributed by atoms with Crippen molar-refractivity contribution in [1.82, 2.24) is 9.80 Å². The van der Waals surface area contributed by atoms with Gasteiger partial charge >= 0.3 is 0 Å². The summed E-state index contributed by atoms with van der Waals surface area (Å²) in [6, 6.07) is 7.85. The number of benzene rings is 1. The molecule has 0 atom stereocenters. The van der Waals surface area contributed by atoms with Gasteiger partial charge in [0.2, 0.25) is 0 Å². The van der Waals surface area contributed by atoms with Crippen LogP contribution in [0.1, 0.15) is 29.0 Å². The zero-order valence-corrected chi connectivity index (χ0v) is 14.9. The number of carbonyl (C=O) groups is 1. The molecule has 1 aromatic heterocycles. The predicted molar refractivity (Wildman–Crippen MR) is 96.8 cm³/mol. The molecule has 0 radical (unpaired) electrons. The number of piperazine rings is 1. The molecule has 1 amide bonds. The van der Waals surface area contributed by atoms with Gasteiger partial charge in [-0.15, -0.1) is 0 Å². The monoisotopic (exact) mass is 342 g/mol. The molecule has 1 aromatic carbocycles. The van der Waals surface area contributed by atoms with E-state index in [9.17, 15) is 4.79 Å². The van der Waals surface area contributed by atoms with Crippen LogP contribution < -0.4 is 0 Å². The van der Waals surface area contributed by atoms with Crippen molar-refractivity contribution in [1.29, 1.82) is 0 Å². The Kier molecular flexibility index (Phi) is 4.77. The first-order chi connectivity index (χ1) is 12.2. The van der Waals surface area contributed by atoms with Crippen LogP contribution in [0.15, 0.2) is 28.7 Å². The van der Waals surface area contributed by atoms with E-state index in [-0.39, 0.29) is 5.91 Å². The van der Waals surface area contributed by atoms with Gasteiger partial charge in [0.05, 0.1) is 0 Å². The third-order valence-corrected chi connectivity index (χ3v) is 5.55. The van der Waals surface area contributed by atoms with Gasteiger partial charge in [0.15, 0.2) is 5.76 Å². The minimum atomic E-state index is 0.0272. The molecule has 3 heterocycles. The average Bonchev–Trinajstić information content (AvgIpc) is 3.00. The maximum Gasteiger partial charge on any atom is 0.289 e. The molecule has 2 aliphatic rings. The van der Waals surface area contributed by atoms with Gasteiger partial charge in [-0.25, -0.2) is 0 Å². The normalized spacial score (nSPS) is 20.3. The number of carbonyl (C=O) groups excluding carboxylic acids is 1. The molecule has 0 N–H and O–H groups in total. The van der Waals surface area contributed by atoms with Crippen molar-refractivity contribution in [2.45, 2.75) is 19.8 Å². The van der Waals surface area contributed by atoms with Crippen molar-refractivity contribution < 1.29 is 13.9 Å². The van der Waals surface area contributed by atoms with Crippen LogP contribution in [-0.4, -0.2) is 61.6 Å². The summed E-state index contributed by atoms with van der Waals surface area (Å²) in [4.78, 5) is 17.3. The molecule has 0 unspecified atom stereocenters. The van der Waals surface area contributed by atoms with Crippen molar-refractivity contribution in [2.24, 2.45) is 5.92 Å². The molecule has 5 nitrogen and oxygen atoms in total. The summed E-state index contributed by atoms with van der Waals surface area (Å²) in [5.74, 6) is 1.27. The van der Waals surface area contributed by atoms with E-state index in [1.54, 1.807) is 0 Å². The van der Waals surface area contributed by atoms with Crippen molar-refractivity contribution in [2.75, 3.05) is 45.9 Å². The standard InChI is InChI=1S/C20H26N2O3/c1-15-17-4-2-3-5-18(17)25-19(15)20(23)22-10-8-21(9-11-22)14-16-6-12-24-13-7-16/h2-5,16H,6-14H2,1H3. The quantitative estimate of drug-likeness (QED) is 0.860. The third kappa shape index (κ3) is 3.44. The Labute approximate surface area is 148 Å². The molecule has 2 saturated heterocycles. The lowest BCUT2D eigenvalue weighted by Gasteiger charge is -2.37. The zero-order chi connectivity index (χ0) is 17.2. The number of fused-ring (bicyclic) bond motifs is 1. The van der Waals surface area contributed by atoms with Crippen LogP contribution in [0.4, 0.5) is 0 Å². The first-order valence-electron chi connectivity index (χ1n) is 9.30. The maximum atomic E-state index is 12.9. The molecule has 2 fully saturated rings. The number of rotatable bonds is 3. The molecular weight excluding hydrogens is 316 g/mol. The second kappa shape index (κ2) is 7.18. The van der Waals surface area contributed by atoms with Gasteiger partial charge in [0.25, 0.3) is 5.91 Å². The Hall–Kier alpha value is -1.85. The van der Waals surface area contributed by atoms with Crippen LogP contribution in [0.3, 0.4) is 0 Å². The molecule has 4 rings (SSSR count). The van der Waals surface area contributed by atoms with E-state index in [1.807, 2.05) is 36.1 Å². The molecular formula is C20H26N2O3. The summed E-state index contributed by atoms with van der Waals surface area (Å²) in [5.41, 5.74) is 1.74. The van der Waals surface area contributed by atoms with Crippen LogP contribution in [-0.2, 0) is 4.74 Å². The summed E-state index contributed by atoms with van der Waals surface area (Å²) < 4.78 is 11.3. The highest BCUT2D eigenvalue weighted by Gasteiger charge is 2.27. The molecule has 5 heteroatoms. The molecule has 0 saturated carbocycles. The number of amides is 1. The van der Waals surface area contributed by atoms with Crippen LogP contribution in [0, 0.1) is 12.8 Å². The number of para-hydroxylation sites is 1. The lowest BCUT2D eigenvalue weighted by Crippen LogP contribution is -2.50. The summed E-state index contributed by atoms with van der Waals surface area (Å²) in [7, 11) is 0. The first-order valence-corrected chi connectivity index (χ1v) is 9.30. The Balaban J connectivity index is 1.38. The van der Waals surface area contributed by atoms with E-state index in [0.29, 0.717) is 5.76 Å². The lowest BCUT2D eigenvalue weighted by molar-refractivity contribution is 0.0384. The first kappa shape index (κ1) is 16.6. The molecule has 134 valence electrons. The predicted octanol–water partition coefficient (Wildman–Crippen LogP) is 2.93. The Morgan fingerprint density at radius 2 is 1.84 bits per heavy atom. The summed E-state index contributed by atoms with van der Waals surface area (Å²) in [5, 5.41) is 1.03. The van der Waals surface area contributed by atoms with E-state index >= 15 is 0 Å². The molecule has 0 spiro atoms. The third-order valence-electron chi connectivity index (χ3n) is 5.55. The van der Waals surface area contributed by atoms with Gasteiger partial charge in [-0.05, 0) is 31.7 Å². The molecule has 0 bridgehead atoms. The number of aryl methyl sites for hydroxylation is 1. The highest BCUT2D eigenvalue weighted by Crippen LogP contribution is 2.26. The van der Waals surface area contributed by atoms with Gasteiger partial charge in [-0.3, -0.25) is 9.69 Å². The van der Waals surface area contributed by atoms with Crippen molar-refractivity contribution in [3.8, 4) is 0 Å². The topological polar surface area (TPSA) is 45.9 Å². The van der Waals surface area contributed by atoms with Crippen molar-refractivity contribution in [3.63, 3.8) is 0 Å². The number of nitrogens with zero attached hydrogens (tertiary/aromatic N) is 2. The number of hydrogen-bond donors (Lipinski definition) is 0. The molecule has 0 aliphatic carbocycles. The zero-order valence-electron chi connectivity index (χ0n) is 14.9. The second-order valence-corrected chi connectivity index (χ2v) is 7.20. The number of ether oxygens (including phenoxy) is 1. The lowest BCUT2D eigenvalue weighted by atomic mass is 9.99. The van der Waals surface area contributed by atoms with Crippen LogP contribution in [0.5, 0.6) is 0 Å². The van der Waals surface area contributed by atoms with E-state index in [1.165, 1.54) is 0 Å². The molecule has 2 aliphatic heterocycles. The van der Waals surface area contributed by atoms with E-state index < -0.39 is 0 Å². The minimum Gasteiger partial charge on any atom is -0.451 e. The van der Waals surface area contributed by atoms with Gasteiger partial charge in [-0.1, -0.05) is 18.2 Å². The Bertz CT molecular complexity index is 740. The van der Waals surface area contributed by atoms with E-state index in [4.69, 9.17) is 9.15 Å². The molecule has 25 heavy (non-hydrogen) atoms. The van der Waals surface area contributed by atoms with Crippen LogP contribution in [0.25, 0.3) is 11.0 Å². The van der Waals surface area contributed by atoms with Crippen LogP contribution >= 0.6 is 0 Å². The van der Waals surface area contributed by atoms with Gasteiger partial charge in [0.1, 0.15) is 5.58 Å². The maximum absolute atomic E-state index is 12.9. The highest BCUT2D eigenvalue weighted by molar-refractivity contribution is 5.98. The summed E-state index contributed by atoms with van der Waals surface area (Å²) >= 11 is 0. The molecule has 2 aromatic rings. The Morgan fingerprint density at radius 3 is 2.56 bits per heavy atom. The van der Waals surface area contributed by atoms with Crippen molar-refractivity contribution in [3.05, 3.63) is 35.6 Å². The van der Waals surface area contributed by atoms with Gasteiger partial charge < -0.3 is 14.1 Å². The fourth-order valence-corrected chi connectivity index (χ4v) is 3.95. The highest BCUT2D eigenvalue weighted by atomic mass is 16.5.